The summed E-state index contributed by atoms with van der Waals surface area (Å²) in [6, 6.07) is 6.32. The molecule has 2 N–H and O–H groups in total. The molecule has 1 saturated heterocycles. The van der Waals surface area contributed by atoms with Gasteiger partial charge in [0.15, 0.2) is 0 Å². The third-order valence-electron chi connectivity index (χ3n) is 5.86. The zero-order valence-electron chi connectivity index (χ0n) is 21.8. The third-order valence-corrected chi connectivity index (χ3v) is 5.86. The number of ether oxygens (including phenoxy) is 2. The number of piperazine rings is 1. The molecule has 1 atom stereocenters. The zero-order valence-corrected chi connectivity index (χ0v) is 21.8. The highest BCUT2D eigenvalue weighted by molar-refractivity contribution is 5.77. The van der Waals surface area contributed by atoms with Crippen LogP contribution in [0.3, 0.4) is 0 Å². The Kier molecular flexibility index (Phi) is 8.95. The molecular weight excluding hydrogens is 462 g/mol. The molecular formula is C26H37N5O5. The van der Waals surface area contributed by atoms with Crippen LogP contribution in [-0.4, -0.2) is 70.4 Å². The maximum atomic E-state index is 12.5. The molecule has 10 nitrogen and oxygen atoms in total. The van der Waals surface area contributed by atoms with E-state index in [4.69, 9.17) is 9.47 Å². The SMILES string of the molecule is CCOc1ncc(Nc2cc(C(CC)CC(=O)O)ccc2N2CCN(C(=O)OC(C)(C)C)CC2)cn1. The van der Waals surface area contributed by atoms with E-state index in [1.807, 2.05) is 52.8 Å². The van der Waals surface area contributed by atoms with Gasteiger partial charge in [0.05, 0.1) is 42.5 Å². The number of benzene rings is 1. The highest BCUT2D eigenvalue weighted by Gasteiger charge is 2.27. The minimum absolute atomic E-state index is 0.0655. The van der Waals surface area contributed by atoms with Gasteiger partial charge in [0.2, 0.25) is 0 Å². The Hall–Kier alpha value is -3.56. The molecule has 0 spiro atoms. The molecule has 1 aliphatic heterocycles. The maximum absolute atomic E-state index is 12.5. The van der Waals surface area contributed by atoms with Crippen molar-refractivity contribution in [2.45, 2.75) is 59.0 Å². The van der Waals surface area contributed by atoms with Gasteiger partial charge < -0.3 is 29.7 Å². The molecule has 1 aliphatic rings. The van der Waals surface area contributed by atoms with Crippen molar-refractivity contribution < 1.29 is 24.2 Å². The molecule has 36 heavy (non-hydrogen) atoms. The van der Waals surface area contributed by atoms with Gasteiger partial charge in [-0.3, -0.25) is 4.79 Å². The van der Waals surface area contributed by atoms with E-state index >= 15 is 0 Å². The molecule has 2 heterocycles. The molecule has 10 heteroatoms. The van der Waals surface area contributed by atoms with E-state index in [0.29, 0.717) is 50.9 Å². The van der Waals surface area contributed by atoms with E-state index in [1.54, 1.807) is 17.3 Å². The van der Waals surface area contributed by atoms with Crippen LogP contribution in [-0.2, 0) is 9.53 Å². The lowest BCUT2D eigenvalue weighted by Crippen LogP contribution is -2.50. The number of carbonyl (C=O) groups excluding carboxylic acids is 1. The summed E-state index contributed by atoms with van der Waals surface area (Å²) in [6.45, 7) is 12.3. The first-order chi connectivity index (χ1) is 17.1. The number of nitrogens with one attached hydrogen (secondary N) is 1. The maximum Gasteiger partial charge on any atom is 0.410 e. The molecule has 196 valence electrons. The Labute approximate surface area is 212 Å². The van der Waals surface area contributed by atoms with Crippen molar-refractivity contribution in [3.63, 3.8) is 0 Å². The first-order valence-corrected chi connectivity index (χ1v) is 12.4. The summed E-state index contributed by atoms with van der Waals surface area (Å²) in [5, 5.41) is 12.8. The van der Waals surface area contributed by atoms with Crippen LogP contribution in [0.5, 0.6) is 6.01 Å². The van der Waals surface area contributed by atoms with Crippen LogP contribution >= 0.6 is 0 Å². The van der Waals surface area contributed by atoms with Gasteiger partial charge in [-0.2, -0.15) is 0 Å². The van der Waals surface area contributed by atoms with Crippen molar-refractivity contribution in [1.29, 1.82) is 0 Å². The fraction of sp³-hybridized carbons (Fsp3) is 0.538. The number of anilines is 3. The Balaban J connectivity index is 1.83. The number of hydrogen-bond acceptors (Lipinski definition) is 8. The second kappa shape index (κ2) is 11.9. The molecule has 2 aromatic rings. The number of carboxylic acids is 1. The minimum Gasteiger partial charge on any atom is -0.481 e. The van der Waals surface area contributed by atoms with Gasteiger partial charge in [-0.05, 0) is 57.7 Å². The van der Waals surface area contributed by atoms with Crippen molar-refractivity contribution in [2.75, 3.05) is 43.0 Å². The first-order valence-electron chi connectivity index (χ1n) is 12.4. The lowest BCUT2D eigenvalue weighted by atomic mass is 9.92. The predicted molar refractivity (Wildman–Crippen MR) is 138 cm³/mol. The van der Waals surface area contributed by atoms with Crippen molar-refractivity contribution in [3.8, 4) is 6.01 Å². The fourth-order valence-corrected chi connectivity index (χ4v) is 4.09. The molecule has 0 saturated carbocycles. The van der Waals surface area contributed by atoms with Crippen LogP contribution in [0, 0.1) is 0 Å². The summed E-state index contributed by atoms with van der Waals surface area (Å²) >= 11 is 0. The number of carbonyl (C=O) groups is 2. The van der Waals surface area contributed by atoms with E-state index in [9.17, 15) is 14.7 Å². The Morgan fingerprint density at radius 2 is 1.78 bits per heavy atom. The summed E-state index contributed by atoms with van der Waals surface area (Å²) in [4.78, 5) is 36.3. The molecule has 3 rings (SSSR count). The van der Waals surface area contributed by atoms with Crippen molar-refractivity contribution in [1.82, 2.24) is 14.9 Å². The highest BCUT2D eigenvalue weighted by atomic mass is 16.6. The summed E-state index contributed by atoms with van der Waals surface area (Å²) < 4.78 is 10.9. The number of aliphatic carboxylic acids is 1. The van der Waals surface area contributed by atoms with Crippen LogP contribution < -0.4 is 15.0 Å². The fourth-order valence-electron chi connectivity index (χ4n) is 4.09. The molecule has 1 amide bonds. The monoisotopic (exact) mass is 499 g/mol. The number of rotatable bonds is 9. The second-order valence-corrected chi connectivity index (χ2v) is 9.75. The Morgan fingerprint density at radius 3 is 2.33 bits per heavy atom. The van der Waals surface area contributed by atoms with Crippen molar-refractivity contribution in [3.05, 3.63) is 36.2 Å². The van der Waals surface area contributed by atoms with Gasteiger partial charge >= 0.3 is 18.1 Å². The average molecular weight is 500 g/mol. The molecule has 1 aromatic carbocycles. The Bertz CT molecular complexity index is 1030. The smallest absolute Gasteiger partial charge is 0.410 e. The van der Waals surface area contributed by atoms with Crippen LogP contribution in [0.15, 0.2) is 30.6 Å². The largest absolute Gasteiger partial charge is 0.481 e. The normalized spacial score (nSPS) is 14.8. The lowest BCUT2D eigenvalue weighted by Gasteiger charge is -2.37. The van der Waals surface area contributed by atoms with E-state index in [0.717, 1.165) is 16.9 Å². The van der Waals surface area contributed by atoms with E-state index in [1.165, 1.54) is 0 Å². The standard InChI is InChI=1S/C26H37N5O5/c1-6-18(15-23(32)33)19-8-9-22(21(14-19)29-20-16-27-24(28-17-20)35-7-2)30-10-12-31(13-11-30)25(34)36-26(3,4)5/h8-9,14,16-18,29H,6-7,10-13,15H2,1-5H3,(H,32,33). The van der Waals surface area contributed by atoms with Gasteiger partial charge in [0.25, 0.3) is 0 Å². The number of nitrogens with zero attached hydrogens (tertiary/aromatic N) is 4. The lowest BCUT2D eigenvalue weighted by molar-refractivity contribution is -0.137. The summed E-state index contributed by atoms with van der Waals surface area (Å²) in [5.74, 6) is -0.920. The van der Waals surface area contributed by atoms with Gasteiger partial charge in [0.1, 0.15) is 5.60 Å². The molecule has 0 radical (unpaired) electrons. The predicted octanol–water partition coefficient (Wildman–Crippen LogP) is 4.64. The van der Waals surface area contributed by atoms with Crippen molar-refractivity contribution in [2.24, 2.45) is 0 Å². The highest BCUT2D eigenvalue weighted by Crippen LogP contribution is 2.35. The summed E-state index contributed by atoms with van der Waals surface area (Å²) in [5.41, 5.74) is 2.89. The van der Waals surface area contributed by atoms with Crippen LogP contribution in [0.1, 0.15) is 58.9 Å². The zero-order chi connectivity index (χ0) is 26.3. The molecule has 1 aromatic heterocycles. The molecule has 1 unspecified atom stereocenters. The molecule has 1 fully saturated rings. The molecule has 0 bridgehead atoms. The average Bonchev–Trinajstić information content (AvgIpc) is 2.83. The third kappa shape index (κ3) is 7.47. The Morgan fingerprint density at radius 1 is 1.11 bits per heavy atom. The van der Waals surface area contributed by atoms with Gasteiger partial charge in [-0.25, -0.2) is 14.8 Å². The number of aromatic nitrogens is 2. The quantitative estimate of drug-likeness (QED) is 0.508. The minimum atomic E-state index is -0.821. The first kappa shape index (κ1) is 27.0. The number of carboxylic acid groups (broad SMARTS) is 1. The van der Waals surface area contributed by atoms with Gasteiger partial charge in [0, 0.05) is 26.2 Å². The summed E-state index contributed by atoms with van der Waals surface area (Å²) in [7, 11) is 0. The van der Waals surface area contributed by atoms with Crippen molar-refractivity contribution >= 4 is 29.1 Å². The van der Waals surface area contributed by atoms with Crippen LogP contribution in [0.4, 0.5) is 21.9 Å². The van der Waals surface area contributed by atoms with Crippen LogP contribution in [0.25, 0.3) is 0 Å². The topological polar surface area (TPSA) is 117 Å². The number of hydrogen-bond donors (Lipinski definition) is 2. The van der Waals surface area contributed by atoms with Crippen LogP contribution in [0.2, 0.25) is 0 Å². The van der Waals surface area contributed by atoms with E-state index in [-0.39, 0.29) is 18.4 Å². The van der Waals surface area contributed by atoms with E-state index in [2.05, 4.69) is 20.2 Å². The van der Waals surface area contributed by atoms with E-state index < -0.39 is 11.6 Å². The summed E-state index contributed by atoms with van der Waals surface area (Å²) in [6.07, 6.45) is 3.79. The second-order valence-electron chi connectivity index (χ2n) is 9.75. The van der Waals surface area contributed by atoms with Gasteiger partial charge in [-0.1, -0.05) is 13.0 Å². The van der Waals surface area contributed by atoms with Gasteiger partial charge in [-0.15, -0.1) is 0 Å². The molecule has 0 aliphatic carbocycles. The number of amides is 1.